The highest BCUT2D eigenvalue weighted by molar-refractivity contribution is 6.08. The molecule has 0 bridgehead atoms. The summed E-state index contributed by atoms with van der Waals surface area (Å²) in [5.41, 5.74) is 7.41. The lowest BCUT2D eigenvalue weighted by Crippen LogP contribution is -2.18. The van der Waals surface area contributed by atoms with Gasteiger partial charge in [-0.05, 0) is 42.0 Å². The maximum atomic E-state index is 12.4. The molecule has 0 unspecified atom stereocenters. The number of hydrogen-bond donors (Lipinski definition) is 2. The summed E-state index contributed by atoms with van der Waals surface area (Å²) < 4.78 is 5.68. The minimum absolute atomic E-state index is 0.272. The predicted octanol–water partition coefficient (Wildman–Crippen LogP) is 3.62. The van der Waals surface area contributed by atoms with Crippen LogP contribution in [0.25, 0.3) is 0 Å². The van der Waals surface area contributed by atoms with Crippen LogP contribution in [-0.4, -0.2) is 11.8 Å². The third-order valence-corrected chi connectivity index (χ3v) is 3.81. The van der Waals surface area contributed by atoms with Crippen LogP contribution in [0.5, 0.6) is 5.75 Å². The Morgan fingerprint density at radius 2 is 1.50 bits per heavy atom. The highest BCUT2D eigenvalue weighted by Crippen LogP contribution is 2.16. The lowest BCUT2D eigenvalue weighted by atomic mass is 10.1. The van der Waals surface area contributed by atoms with Gasteiger partial charge in [-0.1, -0.05) is 42.5 Å². The molecule has 0 saturated heterocycles. The molecule has 3 rings (SSSR count). The van der Waals surface area contributed by atoms with Crippen LogP contribution in [-0.2, 0) is 6.61 Å². The Bertz CT molecular complexity index is 906. The Balaban J connectivity index is 1.65. The molecule has 0 atom stereocenters. The van der Waals surface area contributed by atoms with Crippen molar-refractivity contribution < 1.29 is 14.3 Å². The Morgan fingerprint density at radius 1 is 0.846 bits per heavy atom. The molecule has 0 heterocycles. The van der Waals surface area contributed by atoms with E-state index in [1.165, 1.54) is 0 Å². The van der Waals surface area contributed by atoms with Crippen molar-refractivity contribution in [1.29, 1.82) is 0 Å². The van der Waals surface area contributed by atoms with E-state index < -0.39 is 5.91 Å². The second-order valence-corrected chi connectivity index (χ2v) is 5.66. The number of hydrogen-bond acceptors (Lipinski definition) is 3. The van der Waals surface area contributed by atoms with Crippen LogP contribution in [0.3, 0.4) is 0 Å². The number of carbonyl (C=O) groups is 2. The molecule has 2 amide bonds. The average molecular weight is 346 g/mol. The Labute approximate surface area is 151 Å². The number of benzene rings is 3. The fraction of sp³-hybridized carbons (Fsp3) is 0.0476. The molecule has 0 fully saturated rings. The minimum Gasteiger partial charge on any atom is -0.489 e. The van der Waals surface area contributed by atoms with Crippen LogP contribution in [0.15, 0.2) is 78.9 Å². The smallest absolute Gasteiger partial charge is 0.255 e. The molecule has 0 radical (unpaired) electrons. The fourth-order valence-corrected chi connectivity index (χ4v) is 2.44. The third kappa shape index (κ3) is 4.27. The standard InChI is InChI=1S/C21H18N2O3/c22-20(24)18-8-4-5-9-19(18)23-21(25)16-12-10-15(11-13-16)14-26-17-6-2-1-3-7-17/h1-13H,14H2,(H2,22,24)(H,23,25). The van der Waals surface area contributed by atoms with Gasteiger partial charge in [0.05, 0.1) is 11.3 Å². The lowest BCUT2D eigenvalue weighted by Gasteiger charge is -2.10. The molecule has 0 aromatic heterocycles. The van der Waals surface area contributed by atoms with Crippen molar-refractivity contribution in [2.75, 3.05) is 5.32 Å². The molecular weight excluding hydrogens is 328 g/mol. The Morgan fingerprint density at radius 3 is 2.19 bits per heavy atom. The van der Waals surface area contributed by atoms with Crippen LogP contribution in [0.2, 0.25) is 0 Å². The topological polar surface area (TPSA) is 81.4 Å². The van der Waals surface area contributed by atoms with Crippen molar-refractivity contribution in [3.63, 3.8) is 0 Å². The molecule has 3 aromatic rings. The third-order valence-electron chi connectivity index (χ3n) is 3.81. The zero-order chi connectivity index (χ0) is 18.4. The van der Waals surface area contributed by atoms with Crippen LogP contribution >= 0.6 is 0 Å². The van der Waals surface area contributed by atoms with E-state index in [1.807, 2.05) is 42.5 Å². The van der Waals surface area contributed by atoms with Crippen molar-refractivity contribution >= 4 is 17.5 Å². The van der Waals surface area contributed by atoms with Crippen LogP contribution in [0.1, 0.15) is 26.3 Å². The molecule has 5 nitrogen and oxygen atoms in total. The van der Waals surface area contributed by atoms with Gasteiger partial charge >= 0.3 is 0 Å². The van der Waals surface area contributed by atoms with Gasteiger partial charge in [-0.2, -0.15) is 0 Å². The van der Waals surface area contributed by atoms with Gasteiger partial charge in [0, 0.05) is 5.56 Å². The second-order valence-electron chi connectivity index (χ2n) is 5.66. The summed E-state index contributed by atoms with van der Waals surface area (Å²) in [6.45, 7) is 0.413. The van der Waals surface area contributed by atoms with E-state index in [1.54, 1.807) is 36.4 Å². The van der Waals surface area contributed by atoms with Crippen molar-refractivity contribution in [1.82, 2.24) is 0 Å². The Kier molecular flexibility index (Phi) is 5.29. The summed E-state index contributed by atoms with van der Waals surface area (Å²) >= 11 is 0. The van der Waals surface area contributed by atoms with Gasteiger partial charge in [-0.25, -0.2) is 0 Å². The molecule has 26 heavy (non-hydrogen) atoms. The zero-order valence-electron chi connectivity index (χ0n) is 14.0. The average Bonchev–Trinajstić information content (AvgIpc) is 2.68. The quantitative estimate of drug-likeness (QED) is 0.715. The predicted molar refractivity (Wildman–Crippen MR) is 100 cm³/mol. The van der Waals surface area contributed by atoms with Gasteiger partial charge in [0.1, 0.15) is 12.4 Å². The van der Waals surface area contributed by atoms with E-state index in [-0.39, 0.29) is 11.5 Å². The second kappa shape index (κ2) is 7.98. The SMILES string of the molecule is NC(=O)c1ccccc1NC(=O)c1ccc(COc2ccccc2)cc1. The fourth-order valence-electron chi connectivity index (χ4n) is 2.44. The number of anilines is 1. The van der Waals surface area contributed by atoms with Gasteiger partial charge < -0.3 is 15.8 Å². The first-order chi connectivity index (χ1) is 12.6. The number of rotatable bonds is 6. The minimum atomic E-state index is -0.589. The lowest BCUT2D eigenvalue weighted by molar-refractivity contribution is 0.100. The summed E-state index contributed by atoms with van der Waals surface area (Å²) in [4.78, 5) is 23.8. The number of primary amides is 1. The summed E-state index contributed by atoms with van der Waals surface area (Å²) in [6, 6.07) is 23.2. The normalized spacial score (nSPS) is 10.2. The summed E-state index contributed by atoms with van der Waals surface area (Å²) in [5.74, 6) is -0.110. The van der Waals surface area contributed by atoms with Gasteiger partial charge in [0.15, 0.2) is 0 Å². The van der Waals surface area contributed by atoms with Crippen molar-refractivity contribution in [2.24, 2.45) is 5.73 Å². The number of carbonyl (C=O) groups excluding carboxylic acids is 2. The molecule has 3 aromatic carbocycles. The molecule has 0 aliphatic heterocycles. The highest BCUT2D eigenvalue weighted by Gasteiger charge is 2.11. The van der Waals surface area contributed by atoms with E-state index >= 15 is 0 Å². The van der Waals surface area contributed by atoms with Gasteiger partial charge in [0.2, 0.25) is 0 Å². The number of ether oxygens (including phenoxy) is 1. The summed E-state index contributed by atoms with van der Waals surface area (Å²) in [5, 5.41) is 2.71. The molecule has 0 aliphatic rings. The monoisotopic (exact) mass is 346 g/mol. The van der Waals surface area contributed by atoms with E-state index in [0.29, 0.717) is 17.9 Å². The van der Waals surface area contributed by atoms with Crippen LogP contribution in [0.4, 0.5) is 5.69 Å². The van der Waals surface area contributed by atoms with Gasteiger partial charge in [0.25, 0.3) is 11.8 Å². The molecule has 3 N–H and O–H groups in total. The van der Waals surface area contributed by atoms with Gasteiger partial charge in [-0.3, -0.25) is 9.59 Å². The molecule has 0 saturated carbocycles. The summed E-state index contributed by atoms with van der Waals surface area (Å²) in [7, 11) is 0. The molecular formula is C21H18N2O3. The number of nitrogens with two attached hydrogens (primary N) is 1. The van der Waals surface area contributed by atoms with Crippen LogP contribution < -0.4 is 15.8 Å². The van der Waals surface area contributed by atoms with Crippen molar-refractivity contribution in [3.05, 3.63) is 95.6 Å². The first-order valence-corrected chi connectivity index (χ1v) is 8.10. The van der Waals surface area contributed by atoms with E-state index in [2.05, 4.69) is 5.32 Å². The number of nitrogens with one attached hydrogen (secondary N) is 1. The molecule has 5 heteroatoms. The first-order valence-electron chi connectivity index (χ1n) is 8.10. The van der Waals surface area contributed by atoms with E-state index in [4.69, 9.17) is 10.5 Å². The van der Waals surface area contributed by atoms with Gasteiger partial charge in [-0.15, -0.1) is 0 Å². The molecule has 0 spiro atoms. The summed E-state index contributed by atoms with van der Waals surface area (Å²) in [6.07, 6.45) is 0. The van der Waals surface area contributed by atoms with Crippen LogP contribution in [0, 0.1) is 0 Å². The molecule has 0 aliphatic carbocycles. The van der Waals surface area contributed by atoms with Crippen molar-refractivity contribution in [3.8, 4) is 5.75 Å². The van der Waals surface area contributed by atoms with Crippen molar-refractivity contribution in [2.45, 2.75) is 6.61 Å². The largest absolute Gasteiger partial charge is 0.489 e. The number of para-hydroxylation sites is 2. The molecule has 130 valence electrons. The highest BCUT2D eigenvalue weighted by atomic mass is 16.5. The van der Waals surface area contributed by atoms with E-state index in [0.717, 1.165) is 11.3 Å². The van der Waals surface area contributed by atoms with E-state index in [9.17, 15) is 9.59 Å². The first kappa shape index (κ1) is 17.2. The Hall–Kier alpha value is -3.60. The maximum absolute atomic E-state index is 12.4. The zero-order valence-corrected chi connectivity index (χ0v) is 14.0. The number of amides is 2. The maximum Gasteiger partial charge on any atom is 0.255 e.